The van der Waals surface area contributed by atoms with Gasteiger partial charge in [0.05, 0.1) is 5.69 Å². The normalized spacial score (nSPS) is 13.8. The Balaban J connectivity index is 1.77. The molecule has 1 aliphatic heterocycles. The van der Waals surface area contributed by atoms with Gasteiger partial charge >= 0.3 is 0 Å². The first kappa shape index (κ1) is 12.2. The lowest BCUT2D eigenvalue weighted by molar-refractivity contribution is 0.648. The molecule has 94 valence electrons. The topological polar surface area (TPSA) is 60.7 Å². The maximum Gasteiger partial charge on any atom is 0.254 e. The molecule has 3 heterocycles. The Morgan fingerprint density at radius 3 is 3.17 bits per heavy atom. The average molecular weight is 298 g/mol. The molecule has 0 bridgehead atoms. The number of aromatic nitrogens is 4. The zero-order chi connectivity index (χ0) is 12.5. The summed E-state index contributed by atoms with van der Waals surface area (Å²) in [6.07, 6.45) is 0. The Kier molecular flexibility index (Phi) is 3.40. The van der Waals surface area contributed by atoms with Crippen molar-refractivity contribution in [1.82, 2.24) is 19.7 Å². The first-order chi connectivity index (χ1) is 8.72. The molecule has 0 N–H and O–H groups in total. The highest BCUT2D eigenvalue weighted by molar-refractivity contribution is 8.00. The predicted octanol–water partition coefficient (Wildman–Crippen LogP) is 1.80. The van der Waals surface area contributed by atoms with Crippen molar-refractivity contribution in [2.24, 2.45) is 0 Å². The van der Waals surface area contributed by atoms with Crippen LogP contribution in [0.5, 0.6) is 0 Å². The van der Waals surface area contributed by atoms with Crippen molar-refractivity contribution in [2.75, 3.05) is 5.75 Å². The minimum absolute atomic E-state index is 0.0500. The molecule has 0 aromatic carbocycles. The number of hydrogen-bond acceptors (Lipinski definition) is 7. The third-order valence-electron chi connectivity index (χ3n) is 2.42. The molecule has 2 aromatic rings. The quantitative estimate of drug-likeness (QED) is 0.636. The van der Waals surface area contributed by atoms with Gasteiger partial charge in [-0.15, -0.1) is 10.2 Å². The highest BCUT2D eigenvalue weighted by Gasteiger charge is 2.15. The van der Waals surface area contributed by atoms with Gasteiger partial charge < -0.3 is 0 Å². The van der Waals surface area contributed by atoms with Crippen LogP contribution in [-0.4, -0.2) is 25.5 Å². The molecule has 0 fully saturated rings. The van der Waals surface area contributed by atoms with Crippen LogP contribution < -0.4 is 5.56 Å². The Hall–Kier alpha value is -0.860. The van der Waals surface area contributed by atoms with E-state index in [9.17, 15) is 4.79 Å². The van der Waals surface area contributed by atoms with E-state index in [4.69, 9.17) is 0 Å². The monoisotopic (exact) mass is 298 g/mol. The fourth-order valence-corrected chi connectivity index (χ4v) is 4.30. The third kappa shape index (κ3) is 2.45. The van der Waals surface area contributed by atoms with Gasteiger partial charge in [0.2, 0.25) is 0 Å². The lowest BCUT2D eigenvalue weighted by atomic mass is 10.4. The van der Waals surface area contributed by atoms with Crippen LogP contribution in [0.2, 0.25) is 0 Å². The van der Waals surface area contributed by atoms with Crippen molar-refractivity contribution in [3.8, 4) is 0 Å². The predicted molar refractivity (Wildman–Crippen MR) is 73.4 cm³/mol. The second kappa shape index (κ2) is 5.02. The summed E-state index contributed by atoms with van der Waals surface area (Å²) in [5.41, 5.74) is 0.868. The Bertz CT molecular complexity index is 636. The molecule has 0 saturated carbocycles. The first-order valence-electron chi connectivity index (χ1n) is 5.39. The molecule has 0 aliphatic carbocycles. The smallest absolute Gasteiger partial charge is 0.254 e. The van der Waals surface area contributed by atoms with E-state index >= 15 is 0 Å². The number of rotatable bonds is 3. The fourth-order valence-electron chi connectivity index (χ4n) is 1.62. The van der Waals surface area contributed by atoms with Crippen molar-refractivity contribution >= 4 is 34.9 Å². The van der Waals surface area contributed by atoms with Gasteiger partial charge in [-0.2, -0.15) is 0 Å². The molecule has 5 nitrogen and oxygen atoms in total. The first-order valence-corrected chi connectivity index (χ1v) is 8.17. The van der Waals surface area contributed by atoms with Gasteiger partial charge in [-0.1, -0.05) is 34.9 Å². The number of hydrogen-bond donors (Lipinski definition) is 0. The molecule has 3 rings (SSSR count). The minimum atomic E-state index is 0.0500. The van der Waals surface area contributed by atoms with Crippen LogP contribution in [0, 0.1) is 6.92 Å². The van der Waals surface area contributed by atoms with Gasteiger partial charge in [-0.25, -0.2) is 4.98 Å². The molecule has 0 amide bonds. The molecule has 0 atom stereocenters. The molecular weight excluding hydrogens is 288 g/mol. The second-order valence-corrected chi connectivity index (χ2v) is 7.21. The summed E-state index contributed by atoms with van der Waals surface area (Å²) in [5, 5.41) is 9.80. The summed E-state index contributed by atoms with van der Waals surface area (Å²) >= 11 is 4.77. The summed E-state index contributed by atoms with van der Waals surface area (Å²) in [6, 6.07) is 1.62. The molecule has 0 radical (unpaired) electrons. The van der Waals surface area contributed by atoms with Crippen molar-refractivity contribution in [1.29, 1.82) is 0 Å². The summed E-state index contributed by atoms with van der Waals surface area (Å²) in [7, 11) is 0. The number of thioether (sulfide) groups is 2. The van der Waals surface area contributed by atoms with E-state index < -0.39 is 0 Å². The maximum absolute atomic E-state index is 11.8. The molecule has 18 heavy (non-hydrogen) atoms. The molecule has 1 aliphatic rings. The molecular formula is C10H10N4OS3. The van der Waals surface area contributed by atoms with E-state index in [2.05, 4.69) is 15.2 Å². The molecule has 0 unspecified atom stereocenters. The summed E-state index contributed by atoms with van der Waals surface area (Å²) in [4.78, 5) is 16.3. The lowest BCUT2D eigenvalue weighted by Crippen LogP contribution is -2.20. The van der Waals surface area contributed by atoms with E-state index in [0.717, 1.165) is 32.5 Å². The van der Waals surface area contributed by atoms with Crippen LogP contribution in [0.1, 0.15) is 10.7 Å². The van der Waals surface area contributed by atoms with Gasteiger partial charge in [0, 0.05) is 24.1 Å². The Morgan fingerprint density at radius 2 is 2.39 bits per heavy atom. The molecule has 8 heteroatoms. The van der Waals surface area contributed by atoms with Crippen LogP contribution in [0.3, 0.4) is 0 Å². The van der Waals surface area contributed by atoms with E-state index in [-0.39, 0.29) is 5.56 Å². The van der Waals surface area contributed by atoms with Crippen LogP contribution in [-0.2, 0) is 12.3 Å². The Morgan fingerprint density at radius 1 is 1.50 bits per heavy atom. The third-order valence-corrected chi connectivity index (χ3v) is 5.39. The van der Waals surface area contributed by atoms with E-state index in [1.54, 1.807) is 45.5 Å². The largest absolute Gasteiger partial charge is 0.287 e. The fraction of sp³-hybridized carbons (Fsp3) is 0.400. The summed E-state index contributed by atoms with van der Waals surface area (Å²) < 4.78 is 2.65. The van der Waals surface area contributed by atoms with Crippen LogP contribution in [0.15, 0.2) is 20.4 Å². The second-order valence-electron chi connectivity index (χ2n) is 3.74. The van der Waals surface area contributed by atoms with E-state index in [1.165, 1.54) is 0 Å². The van der Waals surface area contributed by atoms with Gasteiger partial charge in [-0.3, -0.25) is 9.36 Å². The number of fused-ring (bicyclic) bond motifs is 1. The van der Waals surface area contributed by atoms with Gasteiger partial charge in [0.1, 0.15) is 5.01 Å². The molecule has 0 saturated heterocycles. The number of aryl methyl sites for hydroxylation is 1. The highest BCUT2D eigenvalue weighted by Crippen LogP contribution is 2.26. The molecule has 0 spiro atoms. The zero-order valence-corrected chi connectivity index (χ0v) is 12.1. The van der Waals surface area contributed by atoms with Crippen molar-refractivity contribution in [3.63, 3.8) is 0 Å². The van der Waals surface area contributed by atoms with Gasteiger partial charge in [0.15, 0.2) is 9.50 Å². The van der Waals surface area contributed by atoms with Gasteiger partial charge in [0.25, 0.3) is 5.56 Å². The highest BCUT2D eigenvalue weighted by atomic mass is 32.2. The van der Waals surface area contributed by atoms with Crippen molar-refractivity contribution in [3.05, 3.63) is 27.1 Å². The SMILES string of the molecule is Cc1nnc(SCc2cc(=O)n3c(n2)SCC3)s1. The van der Waals surface area contributed by atoms with E-state index in [1.807, 2.05) is 6.92 Å². The summed E-state index contributed by atoms with van der Waals surface area (Å²) in [6.45, 7) is 2.70. The Labute approximate surface area is 116 Å². The van der Waals surface area contributed by atoms with E-state index in [0.29, 0.717) is 5.75 Å². The van der Waals surface area contributed by atoms with Crippen LogP contribution in [0.25, 0.3) is 0 Å². The van der Waals surface area contributed by atoms with Crippen molar-refractivity contribution < 1.29 is 0 Å². The standard InChI is InChI=1S/C10H10N4OS3/c1-6-12-13-10(18-6)17-5-7-4-8(15)14-2-3-16-9(14)11-7/h4H,2-3,5H2,1H3. The van der Waals surface area contributed by atoms with Gasteiger partial charge in [-0.05, 0) is 6.92 Å². The zero-order valence-electron chi connectivity index (χ0n) is 9.62. The number of nitrogens with zero attached hydrogens (tertiary/aromatic N) is 4. The lowest BCUT2D eigenvalue weighted by Gasteiger charge is -2.03. The summed E-state index contributed by atoms with van der Waals surface area (Å²) in [5.74, 6) is 1.60. The average Bonchev–Trinajstić information content (AvgIpc) is 2.95. The minimum Gasteiger partial charge on any atom is -0.287 e. The van der Waals surface area contributed by atoms with Crippen molar-refractivity contribution in [2.45, 2.75) is 28.7 Å². The van der Waals surface area contributed by atoms with Crippen LogP contribution in [0.4, 0.5) is 0 Å². The molecule has 2 aromatic heterocycles. The maximum atomic E-state index is 11.8. The van der Waals surface area contributed by atoms with Crippen LogP contribution >= 0.6 is 34.9 Å².